The summed E-state index contributed by atoms with van der Waals surface area (Å²) >= 11 is 0. The number of anilines is 2. The highest BCUT2D eigenvalue weighted by atomic mass is 15.3. The molecule has 0 aliphatic carbocycles. The molecule has 20 heavy (non-hydrogen) atoms. The van der Waals surface area contributed by atoms with Gasteiger partial charge in [0.15, 0.2) is 5.82 Å². The number of hydrogen-bond donors (Lipinski definition) is 1. The molecule has 6 nitrogen and oxygen atoms in total. The molecule has 0 bridgehead atoms. The van der Waals surface area contributed by atoms with Crippen LogP contribution in [0.4, 0.5) is 11.5 Å². The molecule has 0 amide bonds. The van der Waals surface area contributed by atoms with Gasteiger partial charge in [-0.1, -0.05) is 0 Å². The van der Waals surface area contributed by atoms with Crippen molar-refractivity contribution < 1.29 is 0 Å². The lowest BCUT2D eigenvalue weighted by molar-refractivity contribution is 0.459. The van der Waals surface area contributed by atoms with E-state index in [1.807, 2.05) is 19.3 Å². The van der Waals surface area contributed by atoms with E-state index in [9.17, 15) is 0 Å². The van der Waals surface area contributed by atoms with Gasteiger partial charge in [-0.05, 0) is 26.7 Å². The highest BCUT2D eigenvalue weighted by Crippen LogP contribution is 2.39. The molecule has 1 aliphatic heterocycles. The van der Waals surface area contributed by atoms with Crippen molar-refractivity contribution in [1.82, 2.24) is 19.9 Å². The molecule has 2 aromatic heterocycles. The van der Waals surface area contributed by atoms with E-state index in [-0.39, 0.29) is 5.54 Å². The molecule has 1 atom stereocenters. The highest BCUT2D eigenvalue weighted by Gasteiger charge is 2.41. The molecule has 3 heterocycles. The topological polar surface area (TPSA) is 80.8 Å². The molecule has 0 radical (unpaired) electrons. The Morgan fingerprint density at radius 3 is 2.70 bits per heavy atom. The summed E-state index contributed by atoms with van der Waals surface area (Å²) in [5.41, 5.74) is 7.51. The number of nitrogen functional groups attached to an aromatic ring is 1. The van der Waals surface area contributed by atoms with Gasteiger partial charge in [-0.3, -0.25) is 0 Å². The lowest BCUT2D eigenvalue weighted by Gasteiger charge is -2.35. The van der Waals surface area contributed by atoms with E-state index in [1.165, 1.54) is 6.33 Å². The summed E-state index contributed by atoms with van der Waals surface area (Å²) in [4.78, 5) is 19.5. The first-order chi connectivity index (χ1) is 9.59. The van der Waals surface area contributed by atoms with Gasteiger partial charge in [0, 0.05) is 18.3 Å². The largest absolute Gasteiger partial charge is 0.384 e. The molecule has 1 saturated heterocycles. The van der Waals surface area contributed by atoms with E-state index in [2.05, 4.69) is 31.8 Å². The molecular formula is C14H18N6. The molecule has 104 valence electrons. The average Bonchev–Trinajstić information content (AvgIpc) is 2.82. The van der Waals surface area contributed by atoms with Crippen LogP contribution < -0.4 is 10.6 Å². The van der Waals surface area contributed by atoms with Crippen LogP contribution in [0.3, 0.4) is 0 Å². The predicted molar refractivity (Wildman–Crippen MR) is 77.1 cm³/mol. The molecule has 1 unspecified atom stereocenters. The van der Waals surface area contributed by atoms with Crippen molar-refractivity contribution in [2.24, 2.45) is 0 Å². The Kier molecular flexibility index (Phi) is 3.00. The van der Waals surface area contributed by atoms with Gasteiger partial charge >= 0.3 is 0 Å². The van der Waals surface area contributed by atoms with Crippen LogP contribution in [-0.4, -0.2) is 26.5 Å². The van der Waals surface area contributed by atoms with Gasteiger partial charge in [-0.25, -0.2) is 19.9 Å². The molecule has 2 aromatic rings. The van der Waals surface area contributed by atoms with E-state index in [4.69, 9.17) is 5.73 Å². The monoisotopic (exact) mass is 270 g/mol. The van der Waals surface area contributed by atoms with E-state index in [0.29, 0.717) is 5.82 Å². The van der Waals surface area contributed by atoms with Gasteiger partial charge in [0.2, 0.25) is 0 Å². The molecule has 1 aliphatic rings. The summed E-state index contributed by atoms with van der Waals surface area (Å²) in [5, 5.41) is 0. The number of aryl methyl sites for hydroxylation is 1. The van der Waals surface area contributed by atoms with Crippen molar-refractivity contribution in [2.75, 3.05) is 17.2 Å². The number of hydrogen-bond acceptors (Lipinski definition) is 6. The van der Waals surface area contributed by atoms with E-state index in [0.717, 1.165) is 36.6 Å². The first-order valence-corrected chi connectivity index (χ1v) is 6.74. The third-order valence-corrected chi connectivity index (χ3v) is 3.86. The van der Waals surface area contributed by atoms with Crippen molar-refractivity contribution in [2.45, 2.75) is 32.2 Å². The number of aromatic nitrogens is 4. The molecule has 2 N–H and O–H groups in total. The second kappa shape index (κ2) is 4.70. The highest BCUT2D eigenvalue weighted by molar-refractivity contribution is 5.48. The molecule has 0 saturated carbocycles. The Morgan fingerprint density at radius 1 is 1.25 bits per heavy atom. The van der Waals surface area contributed by atoms with Crippen LogP contribution in [0.15, 0.2) is 24.8 Å². The summed E-state index contributed by atoms with van der Waals surface area (Å²) in [6.45, 7) is 5.04. The fraction of sp³-hybridized carbons (Fsp3) is 0.429. The normalized spacial score (nSPS) is 22.2. The lowest BCUT2D eigenvalue weighted by atomic mass is 9.97. The first kappa shape index (κ1) is 12.8. The van der Waals surface area contributed by atoms with Gasteiger partial charge in [0.25, 0.3) is 0 Å². The SMILES string of the molecule is Cc1cc(N)nc(C2(C)CCCN2c2cncnc2)n1. The molecule has 0 aromatic carbocycles. The van der Waals surface area contributed by atoms with E-state index in [1.54, 1.807) is 6.07 Å². The molecule has 0 spiro atoms. The third kappa shape index (κ3) is 2.07. The summed E-state index contributed by atoms with van der Waals surface area (Å²) in [7, 11) is 0. The Morgan fingerprint density at radius 2 is 2.00 bits per heavy atom. The minimum atomic E-state index is -0.259. The fourth-order valence-corrected chi connectivity index (χ4v) is 2.87. The minimum absolute atomic E-state index is 0.259. The van der Waals surface area contributed by atoms with Gasteiger partial charge in [-0.2, -0.15) is 0 Å². The van der Waals surface area contributed by atoms with E-state index >= 15 is 0 Å². The van der Waals surface area contributed by atoms with E-state index < -0.39 is 0 Å². The van der Waals surface area contributed by atoms with Crippen LogP contribution in [0.25, 0.3) is 0 Å². The van der Waals surface area contributed by atoms with Crippen LogP contribution in [0.5, 0.6) is 0 Å². The van der Waals surface area contributed by atoms with Crippen molar-refractivity contribution in [3.8, 4) is 0 Å². The third-order valence-electron chi connectivity index (χ3n) is 3.86. The second-order valence-corrected chi connectivity index (χ2v) is 5.38. The zero-order valence-electron chi connectivity index (χ0n) is 11.7. The number of rotatable bonds is 2. The lowest BCUT2D eigenvalue weighted by Crippen LogP contribution is -2.40. The first-order valence-electron chi connectivity index (χ1n) is 6.74. The number of nitrogens with two attached hydrogens (primary N) is 1. The van der Waals surface area contributed by atoms with Crippen molar-refractivity contribution in [1.29, 1.82) is 0 Å². The van der Waals surface area contributed by atoms with Gasteiger partial charge in [-0.15, -0.1) is 0 Å². The summed E-state index contributed by atoms with van der Waals surface area (Å²) < 4.78 is 0. The smallest absolute Gasteiger partial charge is 0.156 e. The van der Waals surface area contributed by atoms with Crippen LogP contribution in [0, 0.1) is 6.92 Å². The number of nitrogens with zero attached hydrogens (tertiary/aromatic N) is 5. The summed E-state index contributed by atoms with van der Waals surface area (Å²) in [6.07, 6.45) is 7.27. The van der Waals surface area contributed by atoms with Crippen LogP contribution in [0.2, 0.25) is 0 Å². The fourth-order valence-electron chi connectivity index (χ4n) is 2.87. The van der Waals surface area contributed by atoms with Crippen molar-refractivity contribution in [3.05, 3.63) is 36.3 Å². The zero-order chi connectivity index (χ0) is 14.2. The summed E-state index contributed by atoms with van der Waals surface area (Å²) in [5.74, 6) is 1.29. The van der Waals surface area contributed by atoms with Gasteiger partial charge in [0.05, 0.1) is 23.6 Å². The van der Waals surface area contributed by atoms with Gasteiger partial charge in [0.1, 0.15) is 12.1 Å². The maximum atomic E-state index is 5.88. The Balaban J connectivity index is 2.05. The predicted octanol–water partition coefficient (Wildman–Crippen LogP) is 1.67. The molecule has 3 rings (SSSR count). The maximum absolute atomic E-state index is 5.88. The van der Waals surface area contributed by atoms with Crippen molar-refractivity contribution in [3.63, 3.8) is 0 Å². The Labute approximate surface area is 118 Å². The van der Waals surface area contributed by atoms with Crippen LogP contribution in [-0.2, 0) is 5.54 Å². The Bertz CT molecular complexity index is 594. The second-order valence-electron chi connectivity index (χ2n) is 5.38. The van der Waals surface area contributed by atoms with Gasteiger partial charge < -0.3 is 10.6 Å². The quantitative estimate of drug-likeness (QED) is 0.894. The zero-order valence-corrected chi connectivity index (χ0v) is 11.7. The minimum Gasteiger partial charge on any atom is -0.384 e. The van der Waals surface area contributed by atoms with Crippen molar-refractivity contribution >= 4 is 11.5 Å². The standard InChI is InChI=1S/C14H18N6/c1-10-6-12(15)19-13(18-10)14(2)4-3-5-20(14)11-7-16-9-17-8-11/h6-9H,3-5H2,1-2H3,(H2,15,18,19). The average molecular weight is 270 g/mol. The molecular weight excluding hydrogens is 252 g/mol. The van der Waals surface area contributed by atoms with Crippen LogP contribution in [0.1, 0.15) is 31.3 Å². The Hall–Kier alpha value is -2.24. The summed E-state index contributed by atoms with van der Waals surface area (Å²) in [6, 6.07) is 1.79. The molecule has 6 heteroatoms. The molecule has 1 fully saturated rings. The van der Waals surface area contributed by atoms with Crippen LogP contribution >= 0.6 is 0 Å². The maximum Gasteiger partial charge on any atom is 0.156 e.